The first-order valence-corrected chi connectivity index (χ1v) is 6.03. The summed E-state index contributed by atoms with van der Waals surface area (Å²) in [6.45, 7) is 0. The third-order valence-electron chi connectivity index (χ3n) is 2.48. The summed E-state index contributed by atoms with van der Waals surface area (Å²) in [6, 6.07) is 3.98. The Morgan fingerprint density at radius 2 is 2.00 bits per heavy atom. The fraction of sp³-hybridized carbons (Fsp3) is 0.100. The smallest absolute Gasteiger partial charge is 0.744 e. The summed E-state index contributed by atoms with van der Waals surface area (Å²) < 4.78 is 33.0. The maximum atomic E-state index is 11.0. The van der Waals surface area contributed by atoms with Gasteiger partial charge >= 0.3 is 35.3 Å². The third kappa shape index (κ3) is 2.62. The molecule has 88 valence electrons. The van der Waals surface area contributed by atoms with E-state index in [1.165, 1.54) is 30.4 Å². The van der Waals surface area contributed by atoms with Gasteiger partial charge in [-0.25, -0.2) is 8.42 Å². The van der Waals surface area contributed by atoms with Crippen LogP contribution in [0.15, 0.2) is 29.2 Å². The van der Waals surface area contributed by atoms with Crippen molar-refractivity contribution in [1.82, 2.24) is 0 Å². The molecule has 0 heterocycles. The molecule has 1 aromatic rings. The molecule has 18 heavy (non-hydrogen) atoms. The fourth-order valence-corrected chi connectivity index (χ4v) is 2.40. The number of hydrogen-bond acceptors (Lipinski definition) is 4. The van der Waals surface area contributed by atoms with E-state index in [1.54, 1.807) is 0 Å². The second kappa shape index (κ2) is 5.46. The van der Waals surface area contributed by atoms with Crippen LogP contribution >= 0.6 is 0 Å². The van der Waals surface area contributed by atoms with Gasteiger partial charge in [0.25, 0.3) is 0 Å². The molecule has 1 N–H and O–H groups in total. The molecule has 6 nitrogen and oxygen atoms in total. The zero-order valence-electron chi connectivity index (χ0n) is 9.44. The second-order valence-corrected chi connectivity index (χ2v) is 4.82. The van der Waals surface area contributed by atoms with Gasteiger partial charge < -0.3 is 15.2 Å². The summed E-state index contributed by atoms with van der Waals surface area (Å²) in [5, 5.41) is 9.77. The van der Waals surface area contributed by atoms with Gasteiger partial charge in [-0.2, -0.15) is 4.79 Å². The number of nitrogens with zero attached hydrogens (tertiary/aromatic N) is 2. The zero-order chi connectivity index (χ0) is 12.6. The maximum Gasteiger partial charge on any atom is 1.00 e. The Bertz CT molecular complexity index is 662. The molecule has 8 heteroatoms. The van der Waals surface area contributed by atoms with Gasteiger partial charge in [0.1, 0.15) is 10.1 Å². The standard InChI is InChI=1S/C10H8N2O4S.Na/c11-12-8-5-4-6-7(10(8)13)2-1-3-9(6)17(14,15)16;/h1-5,10,13H,(H,14,15,16);/q;+1/p-1. The van der Waals surface area contributed by atoms with Gasteiger partial charge in [0.05, 0.1) is 4.90 Å². The van der Waals surface area contributed by atoms with Crippen molar-refractivity contribution in [2.24, 2.45) is 0 Å². The molecule has 2 rings (SSSR count). The van der Waals surface area contributed by atoms with Crippen LogP contribution in [-0.4, -0.2) is 28.6 Å². The van der Waals surface area contributed by atoms with Gasteiger partial charge in [-0.3, -0.25) is 0 Å². The Labute approximate surface area is 126 Å². The monoisotopic (exact) mass is 274 g/mol. The Kier molecular flexibility index (Phi) is 4.63. The third-order valence-corrected chi connectivity index (χ3v) is 3.37. The van der Waals surface area contributed by atoms with E-state index < -0.39 is 21.1 Å². The molecule has 0 saturated heterocycles. The van der Waals surface area contributed by atoms with Crippen LogP contribution in [0, 0.1) is 0 Å². The van der Waals surface area contributed by atoms with Crippen LogP contribution in [0.4, 0.5) is 0 Å². The number of rotatable bonds is 1. The van der Waals surface area contributed by atoms with Crippen molar-refractivity contribution in [3.63, 3.8) is 0 Å². The Hall–Kier alpha value is -0.790. The molecule has 0 fully saturated rings. The average Bonchev–Trinajstić information content (AvgIpc) is 2.28. The summed E-state index contributed by atoms with van der Waals surface area (Å²) in [7, 11) is -4.61. The van der Waals surface area contributed by atoms with E-state index in [1.807, 2.05) is 0 Å². The number of aliphatic hydroxyl groups excluding tert-OH is 1. The van der Waals surface area contributed by atoms with Gasteiger partial charge in [-0.05, 0) is 17.7 Å². The first-order valence-electron chi connectivity index (χ1n) is 4.62. The molecule has 1 unspecified atom stereocenters. The normalized spacial score (nSPS) is 17.7. The summed E-state index contributed by atoms with van der Waals surface area (Å²) >= 11 is 0. The van der Waals surface area contributed by atoms with Crippen LogP contribution in [0.5, 0.6) is 0 Å². The van der Waals surface area contributed by atoms with Crippen LogP contribution < -0.4 is 29.6 Å². The van der Waals surface area contributed by atoms with E-state index in [2.05, 4.69) is 4.79 Å². The zero-order valence-corrected chi connectivity index (χ0v) is 12.3. The molecule has 0 spiro atoms. The molecule has 0 radical (unpaired) electrons. The van der Waals surface area contributed by atoms with Crippen molar-refractivity contribution < 1.29 is 52.4 Å². The van der Waals surface area contributed by atoms with Crippen LogP contribution in [-0.2, 0) is 10.1 Å². The molecular formula is C10H7N2NaO4S. The molecule has 0 saturated carbocycles. The van der Waals surface area contributed by atoms with Crippen molar-refractivity contribution >= 4 is 21.9 Å². The van der Waals surface area contributed by atoms with Crippen LogP contribution in [0.25, 0.3) is 11.6 Å². The van der Waals surface area contributed by atoms with E-state index in [-0.39, 0.29) is 46.4 Å². The number of benzene rings is 1. The largest absolute Gasteiger partial charge is 1.00 e. The summed E-state index contributed by atoms with van der Waals surface area (Å²) in [5.74, 6) is 0. The Morgan fingerprint density at radius 1 is 1.33 bits per heavy atom. The van der Waals surface area contributed by atoms with E-state index in [0.717, 1.165) is 0 Å². The predicted octanol–water partition coefficient (Wildman–Crippen LogP) is -2.67. The number of aliphatic hydroxyl groups is 1. The minimum Gasteiger partial charge on any atom is -0.744 e. The quantitative estimate of drug-likeness (QED) is 0.260. The van der Waals surface area contributed by atoms with Crippen molar-refractivity contribution in [1.29, 1.82) is 0 Å². The van der Waals surface area contributed by atoms with Crippen molar-refractivity contribution in [3.8, 4) is 0 Å². The summed E-state index contributed by atoms with van der Waals surface area (Å²) in [5.41, 5.74) is 8.94. The molecule has 1 aliphatic rings. The van der Waals surface area contributed by atoms with Crippen LogP contribution in [0.3, 0.4) is 0 Å². The number of fused-ring (bicyclic) bond motifs is 1. The minimum atomic E-state index is -4.61. The summed E-state index contributed by atoms with van der Waals surface area (Å²) in [6.07, 6.45) is 1.32. The van der Waals surface area contributed by atoms with E-state index in [9.17, 15) is 18.1 Å². The first kappa shape index (κ1) is 15.3. The molecule has 1 atom stereocenters. The van der Waals surface area contributed by atoms with Crippen molar-refractivity contribution in [2.75, 3.05) is 0 Å². The molecule has 0 bridgehead atoms. The van der Waals surface area contributed by atoms with Gasteiger partial charge in [0.2, 0.25) is 0 Å². The van der Waals surface area contributed by atoms with Gasteiger partial charge in [0, 0.05) is 11.6 Å². The van der Waals surface area contributed by atoms with E-state index in [0.29, 0.717) is 0 Å². The van der Waals surface area contributed by atoms with Gasteiger partial charge in [-0.15, -0.1) is 0 Å². The first-order chi connectivity index (χ1) is 7.95. The van der Waals surface area contributed by atoms with Gasteiger partial charge in [0.15, 0.2) is 6.10 Å². The predicted molar refractivity (Wildman–Crippen MR) is 57.0 cm³/mol. The van der Waals surface area contributed by atoms with Crippen molar-refractivity contribution in [2.45, 2.75) is 11.0 Å². The van der Waals surface area contributed by atoms with Crippen LogP contribution in [0.1, 0.15) is 17.2 Å². The Balaban J connectivity index is 0.00000162. The molecule has 0 amide bonds. The molecule has 0 aliphatic heterocycles. The maximum absolute atomic E-state index is 11.0. The molecule has 1 aliphatic carbocycles. The summed E-state index contributed by atoms with van der Waals surface area (Å²) in [4.78, 5) is 2.47. The Morgan fingerprint density at radius 3 is 2.56 bits per heavy atom. The minimum absolute atomic E-state index is 0. The molecule has 1 aromatic carbocycles. The van der Waals surface area contributed by atoms with Crippen molar-refractivity contribution in [3.05, 3.63) is 40.9 Å². The molecular weight excluding hydrogens is 267 g/mol. The number of hydrogen-bond donors (Lipinski definition) is 1. The second-order valence-electron chi connectivity index (χ2n) is 3.47. The molecule has 0 aromatic heterocycles. The van der Waals surface area contributed by atoms with E-state index >= 15 is 0 Å². The van der Waals surface area contributed by atoms with Gasteiger partial charge in [-0.1, -0.05) is 12.1 Å². The van der Waals surface area contributed by atoms with Crippen LogP contribution in [0.2, 0.25) is 0 Å². The van der Waals surface area contributed by atoms with E-state index in [4.69, 9.17) is 5.53 Å². The topological polar surface area (TPSA) is 114 Å². The fourth-order valence-electron chi connectivity index (χ4n) is 1.70. The SMILES string of the molecule is [N-]=[N+]=C1C=Cc2c(cccc2S(=O)(=O)[O-])C1O.[Na+]. The average molecular weight is 274 g/mol.